The van der Waals surface area contributed by atoms with E-state index in [9.17, 15) is 13.2 Å². The fourth-order valence-electron chi connectivity index (χ4n) is 2.46. The van der Waals surface area contributed by atoms with Crippen LogP contribution in [0.1, 0.15) is 18.4 Å². The Morgan fingerprint density at radius 3 is 2.37 bits per heavy atom. The lowest BCUT2D eigenvalue weighted by Crippen LogP contribution is -2.23. The second-order valence-electron chi connectivity index (χ2n) is 5.92. The maximum atomic E-state index is 12.5. The molecule has 27 heavy (non-hydrogen) atoms. The molecule has 1 heterocycles. The third kappa shape index (κ3) is 4.60. The van der Waals surface area contributed by atoms with Crippen LogP contribution in [0.4, 0.5) is 5.69 Å². The maximum Gasteiger partial charge on any atom is 0.240 e. The fourth-order valence-corrected chi connectivity index (χ4v) is 3.45. The number of nitrogens with zero attached hydrogens (tertiary/aromatic N) is 1. The van der Waals surface area contributed by atoms with Gasteiger partial charge in [0.05, 0.1) is 17.1 Å². The number of nitrogens with one attached hydrogen (secondary N) is 2. The molecule has 0 saturated heterocycles. The summed E-state index contributed by atoms with van der Waals surface area (Å²) in [6, 6.07) is 15.3. The van der Waals surface area contributed by atoms with Gasteiger partial charge in [-0.1, -0.05) is 18.2 Å². The summed E-state index contributed by atoms with van der Waals surface area (Å²) in [5.74, 6) is 0.777. The normalized spacial score (nSPS) is 11.3. The summed E-state index contributed by atoms with van der Waals surface area (Å²) >= 11 is 0. The lowest BCUT2D eigenvalue weighted by Gasteiger charge is -2.07. The molecular weight excluding hydrogens is 366 g/mol. The number of aryl methyl sites for hydroxylation is 1. The van der Waals surface area contributed by atoms with Gasteiger partial charge in [0.25, 0.3) is 0 Å². The van der Waals surface area contributed by atoms with Crippen molar-refractivity contribution in [3.8, 4) is 11.5 Å². The molecule has 2 N–H and O–H groups in total. The number of benzene rings is 2. The number of sulfonamides is 1. The van der Waals surface area contributed by atoms with E-state index < -0.39 is 10.0 Å². The number of carbonyl (C=O) groups is 1. The topological polar surface area (TPSA) is 101 Å². The molecule has 8 heteroatoms. The molecule has 7 nitrogen and oxygen atoms in total. The standard InChI is InChI=1S/C19H19N3O4S/c1-13-18(22-19(26-13)15-6-4-3-5-7-15)12-20-27(24,25)17-10-8-16(9-11-17)21-14(2)23/h3-11,20H,12H2,1-2H3,(H,21,23). The monoisotopic (exact) mass is 385 g/mol. The van der Waals surface area contributed by atoms with E-state index in [4.69, 9.17) is 4.42 Å². The Kier molecular flexibility index (Phi) is 5.38. The summed E-state index contributed by atoms with van der Waals surface area (Å²) in [7, 11) is -3.72. The minimum absolute atomic E-state index is 0.0119. The van der Waals surface area contributed by atoms with Gasteiger partial charge in [0.2, 0.25) is 21.8 Å². The van der Waals surface area contributed by atoms with Crippen LogP contribution in [0.2, 0.25) is 0 Å². The summed E-state index contributed by atoms with van der Waals surface area (Å²) in [5.41, 5.74) is 1.87. The van der Waals surface area contributed by atoms with Crippen LogP contribution < -0.4 is 10.0 Å². The van der Waals surface area contributed by atoms with Gasteiger partial charge in [-0.15, -0.1) is 0 Å². The number of oxazole rings is 1. The van der Waals surface area contributed by atoms with Crippen LogP contribution in [0.15, 0.2) is 63.9 Å². The summed E-state index contributed by atoms with van der Waals surface area (Å²) in [6.07, 6.45) is 0. The van der Waals surface area contributed by atoms with Crippen molar-refractivity contribution in [1.29, 1.82) is 0 Å². The minimum atomic E-state index is -3.72. The zero-order valence-electron chi connectivity index (χ0n) is 14.9. The Morgan fingerprint density at radius 2 is 1.74 bits per heavy atom. The van der Waals surface area contributed by atoms with E-state index in [2.05, 4.69) is 15.0 Å². The van der Waals surface area contributed by atoms with Gasteiger partial charge >= 0.3 is 0 Å². The van der Waals surface area contributed by atoms with Crippen molar-refractivity contribution in [2.75, 3.05) is 5.32 Å². The van der Waals surface area contributed by atoms with Crippen molar-refractivity contribution in [2.45, 2.75) is 25.3 Å². The maximum absolute atomic E-state index is 12.5. The summed E-state index contributed by atoms with van der Waals surface area (Å²) in [5, 5.41) is 2.59. The zero-order valence-corrected chi connectivity index (χ0v) is 15.7. The number of amides is 1. The van der Waals surface area contributed by atoms with Gasteiger partial charge in [0, 0.05) is 18.2 Å². The molecule has 0 radical (unpaired) electrons. The predicted octanol–water partition coefficient (Wildman–Crippen LogP) is 3.09. The first-order chi connectivity index (χ1) is 12.8. The van der Waals surface area contributed by atoms with Crippen molar-refractivity contribution < 1.29 is 17.6 Å². The molecule has 0 unspecified atom stereocenters. The molecule has 0 bridgehead atoms. The largest absolute Gasteiger partial charge is 0.441 e. The Labute approximate surface area is 157 Å². The molecule has 3 rings (SSSR count). The van der Waals surface area contributed by atoms with E-state index in [1.807, 2.05) is 30.3 Å². The molecule has 0 fully saturated rings. The fraction of sp³-hybridized carbons (Fsp3) is 0.158. The van der Waals surface area contributed by atoms with Crippen molar-refractivity contribution >= 4 is 21.6 Å². The molecular formula is C19H19N3O4S. The van der Waals surface area contributed by atoms with Crippen molar-refractivity contribution in [2.24, 2.45) is 0 Å². The summed E-state index contributed by atoms with van der Waals surface area (Å²) in [4.78, 5) is 15.5. The van der Waals surface area contributed by atoms with E-state index >= 15 is 0 Å². The van der Waals surface area contributed by atoms with E-state index in [-0.39, 0.29) is 17.3 Å². The molecule has 0 spiro atoms. The molecule has 0 atom stereocenters. The molecule has 3 aromatic rings. The van der Waals surface area contributed by atoms with Gasteiger partial charge in [-0.25, -0.2) is 18.1 Å². The van der Waals surface area contributed by atoms with E-state index in [0.717, 1.165) is 5.56 Å². The Hall–Kier alpha value is -2.97. The number of carbonyl (C=O) groups excluding carboxylic acids is 1. The van der Waals surface area contributed by atoms with Crippen LogP contribution in [0.3, 0.4) is 0 Å². The minimum Gasteiger partial charge on any atom is -0.441 e. The Morgan fingerprint density at radius 1 is 1.07 bits per heavy atom. The lowest BCUT2D eigenvalue weighted by molar-refractivity contribution is -0.114. The quantitative estimate of drug-likeness (QED) is 0.679. The number of anilines is 1. The third-order valence-electron chi connectivity index (χ3n) is 3.83. The number of aromatic nitrogens is 1. The van der Waals surface area contributed by atoms with Gasteiger partial charge in [0.15, 0.2) is 0 Å². The number of hydrogen-bond donors (Lipinski definition) is 2. The highest BCUT2D eigenvalue weighted by Crippen LogP contribution is 2.22. The highest BCUT2D eigenvalue weighted by Gasteiger charge is 2.17. The highest BCUT2D eigenvalue weighted by molar-refractivity contribution is 7.89. The predicted molar refractivity (Wildman–Crippen MR) is 101 cm³/mol. The molecule has 0 saturated carbocycles. The smallest absolute Gasteiger partial charge is 0.240 e. The molecule has 140 valence electrons. The van der Waals surface area contributed by atoms with E-state index in [1.54, 1.807) is 6.92 Å². The Balaban J connectivity index is 1.72. The van der Waals surface area contributed by atoms with Crippen LogP contribution in [0.5, 0.6) is 0 Å². The van der Waals surface area contributed by atoms with Crippen LogP contribution in [-0.2, 0) is 21.4 Å². The van der Waals surface area contributed by atoms with Gasteiger partial charge in [0.1, 0.15) is 5.76 Å². The van der Waals surface area contributed by atoms with Gasteiger partial charge in [-0.2, -0.15) is 0 Å². The second kappa shape index (κ2) is 7.73. The first kappa shape index (κ1) is 18.8. The number of hydrogen-bond acceptors (Lipinski definition) is 5. The van der Waals surface area contributed by atoms with Crippen LogP contribution in [-0.4, -0.2) is 19.3 Å². The van der Waals surface area contributed by atoms with Crippen LogP contribution >= 0.6 is 0 Å². The van der Waals surface area contributed by atoms with Crippen LogP contribution in [0.25, 0.3) is 11.5 Å². The van der Waals surface area contributed by atoms with Crippen molar-refractivity contribution in [3.05, 3.63) is 66.1 Å². The second-order valence-corrected chi connectivity index (χ2v) is 7.68. The van der Waals surface area contributed by atoms with Gasteiger partial charge in [-0.05, 0) is 43.3 Å². The third-order valence-corrected chi connectivity index (χ3v) is 5.25. The highest BCUT2D eigenvalue weighted by atomic mass is 32.2. The molecule has 0 aliphatic heterocycles. The SMILES string of the molecule is CC(=O)Nc1ccc(S(=O)(=O)NCc2nc(-c3ccccc3)oc2C)cc1. The van der Waals surface area contributed by atoms with Gasteiger partial charge < -0.3 is 9.73 Å². The summed E-state index contributed by atoms with van der Waals surface area (Å²) < 4.78 is 33.1. The summed E-state index contributed by atoms with van der Waals surface area (Å²) in [6.45, 7) is 3.14. The van der Waals surface area contributed by atoms with Crippen LogP contribution in [0, 0.1) is 6.92 Å². The van der Waals surface area contributed by atoms with Gasteiger partial charge in [-0.3, -0.25) is 4.79 Å². The molecule has 2 aromatic carbocycles. The Bertz CT molecular complexity index is 1040. The lowest BCUT2D eigenvalue weighted by atomic mass is 10.2. The average Bonchev–Trinajstić information content (AvgIpc) is 3.02. The first-order valence-electron chi connectivity index (χ1n) is 8.24. The molecule has 0 aliphatic carbocycles. The number of rotatable bonds is 6. The van der Waals surface area contributed by atoms with E-state index in [1.165, 1.54) is 31.2 Å². The molecule has 0 aliphatic rings. The zero-order chi connectivity index (χ0) is 19.4. The van der Waals surface area contributed by atoms with Crippen molar-refractivity contribution in [3.63, 3.8) is 0 Å². The molecule has 1 aromatic heterocycles. The molecule has 1 amide bonds. The van der Waals surface area contributed by atoms with E-state index in [0.29, 0.717) is 23.0 Å². The first-order valence-corrected chi connectivity index (χ1v) is 9.72. The van der Waals surface area contributed by atoms with Crippen molar-refractivity contribution in [1.82, 2.24) is 9.71 Å². The average molecular weight is 385 g/mol.